The minimum absolute atomic E-state index is 0.175. The summed E-state index contributed by atoms with van der Waals surface area (Å²) in [5.41, 5.74) is 6.31. The molecule has 0 aliphatic heterocycles. The predicted molar refractivity (Wildman–Crippen MR) is 70.6 cm³/mol. The van der Waals surface area contributed by atoms with Gasteiger partial charge in [0.15, 0.2) is 5.82 Å². The van der Waals surface area contributed by atoms with Crippen LogP contribution in [0.4, 0.5) is 10.1 Å². The fourth-order valence-electron chi connectivity index (χ4n) is 1.45. The molecular weight excluding hydrogens is 253 g/mol. The van der Waals surface area contributed by atoms with Gasteiger partial charge in [-0.15, -0.1) is 10.2 Å². The molecule has 94 valence electrons. The van der Waals surface area contributed by atoms with Gasteiger partial charge in [0, 0.05) is 12.6 Å². The molecule has 5 nitrogen and oxygen atoms in total. The second kappa shape index (κ2) is 5.09. The molecule has 0 aliphatic rings. The molecule has 2 rings (SSSR count). The predicted octanol–water partition coefficient (Wildman–Crippen LogP) is 1.20. The third kappa shape index (κ3) is 2.62. The number of rotatable bonds is 4. The molecule has 0 radical (unpaired) electrons. The number of benzene rings is 1. The van der Waals surface area contributed by atoms with E-state index in [1.807, 2.05) is 7.05 Å². The summed E-state index contributed by atoms with van der Waals surface area (Å²) in [6, 6.07) is 4.58. The first kappa shape index (κ1) is 12.4. The number of hydrogen-bond donors (Lipinski definition) is 2. The molecule has 0 fully saturated rings. The van der Waals surface area contributed by atoms with Gasteiger partial charge in [-0.3, -0.25) is 0 Å². The summed E-state index contributed by atoms with van der Waals surface area (Å²) in [4.78, 5) is 0.175. The quantitative estimate of drug-likeness (QED) is 0.813. The minimum Gasteiger partial charge on any atom is -0.389 e. The number of anilines is 1. The normalized spacial score (nSPS) is 10.3. The van der Waals surface area contributed by atoms with Crippen LogP contribution >= 0.6 is 12.2 Å². The van der Waals surface area contributed by atoms with Crippen molar-refractivity contribution in [1.82, 2.24) is 14.8 Å². The monoisotopic (exact) mass is 265 g/mol. The van der Waals surface area contributed by atoms with E-state index in [9.17, 15) is 4.39 Å². The summed E-state index contributed by atoms with van der Waals surface area (Å²) >= 11 is 4.78. The molecular formula is C11H12FN5S. The molecule has 0 saturated heterocycles. The Balaban J connectivity index is 2.11. The van der Waals surface area contributed by atoms with Gasteiger partial charge in [-0.1, -0.05) is 12.2 Å². The van der Waals surface area contributed by atoms with Gasteiger partial charge in [0.1, 0.15) is 17.1 Å². The van der Waals surface area contributed by atoms with Gasteiger partial charge in [-0.25, -0.2) is 4.39 Å². The van der Waals surface area contributed by atoms with E-state index in [1.165, 1.54) is 6.07 Å². The van der Waals surface area contributed by atoms with Crippen molar-refractivity contribution in [3.8, 4) is 0 Å². The smallest absolute Gasteiger partial charge is 0.151 e. The Kier molecular flexibility index (Phi) is 3.52. The van der Waals surface area contributed by atoms with Crippen molar-refractivity contribution in [3.05, 3.63) is 41.7 Å². The number of aryl methyl sites for hydroxylation is 1. The lowest BCUT2D eigenvalue weighted by Gasteiger charge is -2.08. The van der Waals surface area contributed by atoms with Crippen LogP contribution < -0.4 is 11.1 Å². The standard InChI is InChI=1S/C11H12FN5S/c1-17-6-15-16-10(17)5-14-9-3-2-7(11(13)18)4-8(9)12/h2-4,6,14H,5H2,1H3,(H2,13,18). The van der Waals surface area contributed by atoms with Gasteiger partial charge >= 0.3 is 0 Å². The van der Waals surface area contributed by atoms with E-state index in [-0.39, 0.29) is 4.99 Å². The largest absolute Gasteiger partial charge is 0.389 e. The molecule has 0 unspecified atom stereocenters. The van der Waals surface area contributed by atoms with Crippen molar-refractivity contribution >= 4 is 22.9 Å². The van der Waals surface area contributed by atoms with Crippen LogP contribution in [0.15, 0.2) is 24.5 Å². The lowest BCUT2D eigenvalue weighted by atomic mass is 10.2. The Morgan fingerprint density at radius 1 is 1.56 bits per heavy atom. The Labute approximate surface area is 109 Å². The maximum atomic E-state index is 13.7. The fraction of sp³-hybridized carbons (Fsp3) is 0.182. The van der Waals surface area contributed by atoms with Gasteiger partial charge in [0.2, 0.25) is 0 Å². The highest BCUT2D eigenvalue weighted by molar-refractivity contribution is 7.80. The molecule has 7 heteroatoms. The van der Waals surface area contributed by atoms with Crippen LogP contribution in [-0.2, 0) is 13.6 Å². The minimum atomic E-state index is -0.400. The molecule has 0 bridgehead atoms. The average Bonchev–Trinajstić information content (AvgIpc) is 2.73. The highest BCUT2D eigenvalue weighted by Gasteiger charge is 2.06. The van der Waals surface area contributed by atoms with Crippen LogP contribution in [0.5, 0.6) is 0 Å². The number of nitrogens with zero attached hydrogens (tertiary/aromatic N) is 3. The molecule has 2 aromatic rings. The maximum absolute atomic E-state index is 13.7. The van der Waals surface area contributed by atoms with Crippen LogP contribution in [0.3, 0.4) is 0 Å². The number of hydrogen-bond acceptors (Lipinski definition) is 4. The van der Waals surface area contributed by atoms with Crippen molar-refractivity contribution in [2.24, 2.45) is 12.8 Å². The Morgan fingerprint density at radius 3 is 2.89 bits per heavy atom. The van der Waals surface area contributed by atoms with Gasteiger partial charge < -0.3 is 15.6 Å². The number of aromatic nitrogens is 3. The number of thiocarbonyl (C=S) groups is 1. The van der Waals surface area contributed by atoms with Crippen molar-refractivity contribution in [2.75, 3.05) is 5.32 Å². The van der Waals surface area contributed by atoms with Gasteiger partial charge in [0.05, 0.1) is 12.2 Å². The lowest BCUT2D eigenvalue weighted by Crippen LogP contribution is -2.11. The first-order chi connectivity index (χ1) is 8.58. The zero-order chi connectivity index (χ0) is 13.1. The van der Waals surface area contributed by atoms with Gasteiger partial charge in [-0.2, -0.15) is 0 Å². The van der Waals surface area contributed by atoms with Crippen molar-refractivity contribution < 1.29 is 4.39 Å². The Bertz CT molecular complexity index is 581. The fourth-order valence-corrected chi connectivity index (χ4v) is 1.58. The van der Waals surface area contributed by atoms with E-state index in [2.05, 4.69) is 15.5 Å². The summed E-state index contributed by atoms with van der Waals surface area (Å²) in [6.45, 7) is 0.389. The Morgan fingerprint density at radius 2 is 2.33 bits per heavy atom. The van der Waals surface area contributed by atoms with E-state index < -0.39 is 5.82 Å². The van der Waals surface area contributed by atoms with Crippen molar-refractivity contribution in [1.29, 1.82) is 0 Å². The third-order valence-electron chi connectivity index (χ3n) is 2.50. The average molecular weight is 265 g/mol. The summed E-state index contributed by atoms with van der Waals surface area (Å²) in [5, 5.41) is 10.6. The van der Waals surface area contributed by atoms with E-state index >= 15 is 0 Å². The van der Waals surface area contributed by atoms with E-state index in [0.29, 0.717) is 23.6 Å². The third-order valence-corrected chi connectivity index (χ3v) is 2.73. The highest BCUT2D eigenvalue weighted by Crippen LogP contribution is 2.16. The molecule has 0 saturated carbocycles. The SMILES string of the molecule is Cn1cnnc1CNc1ccc(C(N)=S)cc1F. The van der Waals surface area contributed by atoms with Crippen LogP contribution in [0.25, 0.3) is 0 Å². The molecule has 3 N–H and O–H groups in total. The summed E-state index contributed by atoms with van der Waals surface area (Å²) in [6.07, 6.45) is 1.59. The maximum Gasteiger partial charge on any atom is 0.151 e. The molecule has 1 aromatic carbocycles. The molecule has 0 aliphatic carbocycles. The van der Waals surface area contributed by atoms with Crippen molar-refractivity contribution in [3.63, 3.8) is 0 Å². The first-order valence-corrected chi connectivity index (χ1v) is 5.65. The van der Waals surface area contributed by atoms with Crippen LogP contribution in [-0.4, -0.2) is 19.8 Å². The van der Waals surface area contributed by atoms with Crippen LogP contribution in [0, 0.1) is 5.82 Å². The van der Waals surface area contributed by atoms with E-state index in [1.54, 1.807) is 23.0 Å². The number of halogens is 1. The Hall–Kier alpha value is -2.02. The molecule has 1 aromatic heterocycles. The number of nitrogens with two attached hydrogens (primary N) is 1. The molecule has 0 atom stereocenters. The lowest BCUT2D eigenvalue weighted by molar-refractivity contribution is 0.629. The zero-order valence-corrected chi connectivity index (χ0v) is 10.5. The van der Waals surface area contributed by atoms with Crippen LogP contribution in [0.2, 0.25) is 0 Å². The summed E-state index contributed by atoms with van der Waals surface area (Å²) < 4.78 is 15.5. The summed E-state index contributed by atoms with van der Waals surface area (Å²) in [5.74, 6) is 0.315. The van der Waals surface area contributed by atoms with E-state index in [4.69, 9.17) is 18.0 Å². The van der Waals surface area contributed by atoms with Gasteiger partial charge in [0.25, 0.3) is 0 Å². The zero-order valence-electron chi connectivity index (χ0n) is 9.72. The first-order valence-electron chi connectivity index (χ1n) is 5.24. The van der Waals surface area contributed by atoms with Crippen molar-refractivity contribution in [2.45, 2.75) is 6.54 Å². The van der Waals surface area contributed by atoms with Crippen LogP contribution in [0.1, 0.15) is 11.4 Å². The van der Waals surface area contributed by atoms with Gasteiger partial charge in [-0.05, 0) is 18.2 Å². The number of nitrogens with one attached hydrogen (secondary N) is 1. The van der Waals surface area contributed by atoms with E-state index in [0.717, 1.165) is 0 Å². The molecule has 18 heavy (non-hydrogen) atoms. The topological polar surface area (TPSA) is 68.8 Å². The molecule has 1 heterocycles. The second-order valence-corrected chi connectivity index (χ2v) is 4.21. The summed E-state index contributed by atoms with van der Waals surface area (Å²) in [7, 11) is 1.82. The highest BCUT2D eigenvalue weighted by atomic mass is 32.1. The molecule has 0 spiro atoms. The second-order valence-electron chi connectivity index (χ2n) is 3.77. The molecule has 0 amide bonds.